The smallest absolute Gasteiger partial charge is 0.265 e. The Labute approximate surface area is 164 Å². The van der Waals surface area contributed by atoms with Crippen LogP contribution in [-0.4, -0.2) is 28.8 Å². The number of H-pyrrole nitrogens is 1. The van der Waals surface area contributed by atoms with Crippen LogP contribution in [0.1, 0.15) is 44.9 Å². The van der Waals surface area contributed by atoms with Crippen LogP contribution in [0.2, 0.25) is 0 Å². The van der Waals surface area contributed by atoms with Gasteiger partial charge in [0.05, 0.1) is 17.8 Å². The van der Waals surface area contributed by atoms with E-state index < -0.39 is 6.10 Å². The van der Waals surface area contributed by atoms with E-state index in [-0.39, 0.29) is 24.0 Å². The molecule has 6 nitrogen and oxygen atoms in total. The Hall–Kier alpha value is -3.02. The van der Waals surface area contributed by atoms with Crippen molar-refractivity contribution in [3.8, 4) is 11.5 Å². The maximum absolute atomic E-state index is 12.7. The van der Waals surface area contributed by atoms with Gasteiger partial charge in [-0.3, -0.25) is 9.89 Å². The molecular formula is C22H25N3O3. The minimum atomic E-state index is -0.673. The number of benzene rings is 2. The highest BCUT2D eigenvalue weighted by atomic mass is 16.6. The van der Waals surface area contributed by atoms with Crippen molar-refractivity contribution in [2.45, 2.75) is 45.3 Å². The van der Waals surface area contributed by atoms with E-state index >= 15 is 0 Å². The molecule has 0 aliphatic carbocycles. The van der Waals surface area contributed by atoms with Gasteiger partial charge in [0.2, 0.25) is 6.10 Å². The zero-order chi connectivity index (χ0) is 19.9. The molecule has 1 unspecified atom stereocenters. The normalized spacial score (nSPS) is 17.4. The molecule has 2 atom stereocenters. The Morgan fingerprint density at radius 1 is 1.21 bits per heavy atom. The van der Waals surface area contributed by atoms with E-state index in [4.69, 9.17) is 9.47 Å². The topological polar surface area (TPSA) is 76.2 Å². The molecule has 0 spiro atoms. The molecule has 28 heavy (non-hydrogen) atoms. The summed E-state index contributed by atoms with van der Waals surface area (Å²) >= 11 is 0. The van der Waals surface area contributed by atoms with Gasteiger partial charge in [-0.1, -0.05) is 32.9 Å². The van der Waals surface area contributed by atoms with Crippen LogP contribution in [0.3, 0.4) is 0 Å². The first kappa shape index (κ1) is 18.3. The largest absolute Gasteiger partial charge is 0.485 e. The van der Waals surface area contributed by atoms with E-state index in [1.54, 1.807) is 6.20 Å². The SMILES string of the molecule is CC(NC(=O)[C@@H]1COc2cc(C(C)(C)C)ccc2O1)c1ccc2[nH]ncc2c1. The maximum atomic E-state index is 12.7. The summed E-state index contributed by atoms with van der Waals surface area (Å²) < 4.78 is 11.7. The first-order chi connectivity index (χ1) is 13.3. The number of fused-ring (bicyclic) bond motifs is 2. The van der Waals surface area contributed by atoms with Crippen LogP contribution in [0.5, 0.6) is 11.5 Å². The van der Waals surface area contributed by atoms with Gasteiger partial charge < -0.3 is 14.8 Å². The van der Waals surface area contributed by atoms with Crippen LogP contribution >= 0.6 is 0 Å². The lowest BCUT2D eigenvalue weighted by molar-refractivity contribution is -0.131. The van der Waals surface area contributed by atoms with E-state index in [1.807, 2.05) is 43.3 Å². The minimum Gasteiger partial charge on any atom is -0.485 e. The molecule has 2 heterocycles. The molecule has 146 valence electrons. The van der Waals surface area contributed by atoms with Crippen molar-refractivity contribution in [3.05, 3.63) is 53.7 Å². The predicted octanol–water partition coefficient (Wildman–Crippen LogP) is 3.88. The van der Waals surface area contributed by atoms with E-state index in [9.17, 15) is 4.79 Å². The van der Waals surface area contributed by atoms with E-state index in [0.29, 0.717) is 11.5 Å². The lowest BCUT2D eigenvalue weighted by Crippen LogP contribution is -2.44. The number of aromatic nitrogens is 2. The predicted molar refractivity (Wildman–Crippen MR) is 108 cm³/mol. The van der Waals surface area contributed by atoms with E-state index in [0.717, 1.165) is 16.5 Å². The van der Waals surface area contributed by atoms with Crippen LogP contribution < -0.4 is 14.8 Å². The summed E-state index contributed by atoms with van der Waals surface area (Å²) in [4.78, 5) is 12.7. The zero-order valence-corrected chi connectivity index (χ0v) is 16.6. The molecule has 0 bridgehead atoms. The average Bonchev–Trinajstić information content (AvgIpc) is 3.14. The zero-order valence-electron chi connectivity index (χ0n) is 16.6. The van der Waals surface area contributed by atoms with E-state index in [1.165, 1.54) is 5.56 Å². The Morgan fingerprint density at radius 2 is 2.04 bits per heavy atom. The summed E-state index contributed by atoms with van der Waals surface area (Å²) in [5, 5.41) is 11.0. The number of nitrogens with one attached hydrogen (secondary N) is 2. The third-order valence-corrected chi connectivity index (χ3v) is 5.08. The Morgan fingerprint density at radius 3 is 2.82 bits per heavy atom. The highest BCUT2D eigenvalue weighted by Crippen LogP contribution is 2.36. The second kappa shape index (κ2) is 6.86. The first-order valence-corrected chi connectivity index (χ1v) is 9.48. The molecule has 1 aromatic heterocycles. The van der Waals surface area contributed by atoms with Crippen molar-refractivity contribution in [1.82, 2.24) is 15.5 Å². The summed E-state index contributed by atoms with van der Waals surface area (Å²) in [6.45, 7) is 8.59. The molecule has 4 rings (SSSR count). The van der Waals surface area contributed by atoms with Crippen molar-refractivity contribution in [1.29, 1.82) is 0 Å². The lowest BCUT2D eigenvalue weighted by atomic mass is 9.87. The molecule has 1 aliphatic heterocycles. The minimum absolute atomic E-state index is 0.0259. The third kappa shape index (κ3) is 3.54. The van der Waals surface area contributed by atoms with Gasteiger partial charge >= 0.3 is 0 Å². The Kier molecular flexibility index (Phi) is 4.49. The molecule has 3 aromatic rings. The number of aromatic amines is 1. The molecule has 6 heteroatoms. The van der Waals surface area contributed by atoms with Crippen molar-refractivity contribution < 1.29 is 14.3 Å². The summed E-state index contributed by atoms with van der Waals surface area (Å²) in [6.07, 6.45) is 1.10. The molecule has 0 saturated heterocycles. The van der Waals surface area contributed by atoms with Crippen LogP contribution in [0.25, 0.3) is 10.9 Å². The molecule has 1 aliphatic rings. The first-order valence-electron chi connectivity index (χ1n) is 9.48. The number of nitrogens with zero attached hydrogens (tertiary/aromatic N) is 1. The number of rotatable bonds is 3. The molecule has 0 saturated carbocycles. The molecular weight excluding hydrogens is 354 g/mol. The quantitative estimate of drug-likeness (QED) is 0.724. The van der Waals surface area contributed by atoms with Crippen LogP contribution in [-0.2, 0) is 10.2 Å². The second-order valence-electron chi connectivity index (χ2n) is 8.28. The summed E-state index contributed by atoms with van der Waals surface area (Å²) in [5.74, 6) is 1.10. The van der Waals surface area contributed by atoms with Crippen LogP contribution in [0.15, 0.2) is 42.6 Å². The highest BCUT2D eigenvalue weighted by molar-refractivity contribution is 5.83. The van der Waals surface area contributed by atoms with Crippen molar-refractivity contribution >= 4 is 16.8 Å². The lowest BCUT2D eigenvalue weighted by Gasteiger charge is -2.28. The molecule has 0 radical (unpaired) electrons. The number of carbonyl (C=O) groups excluding carboxylic acids is 1. The highest BCUT2D eigenvalue weighted by Gasteiger charge is 2.29. The van der Waals surface area contributed by atoms with Gasteiger partial charge in [-0.2, -0.15) is 5.10 Å². The molecule has 2 aromatic carbocycles. The van der Waals surface area contributed by atoms with Gasteiger partial charge in [0.25, 0.3) is 5.91 Å². The van der Waals surface area contributed by atoms with Gasteiger partial charge in [0, 0.05) is 5.39 Å². The monoisotopic (exact) mass is 379 g/mol. The summed E-state index contributed by atoms with van der Waals surface area (Å²) in [5.41, 5.74) is 3.17. The number of hydrogen-bond donors (Lipinski definition) is 2. The Bertz CT molecular complexity index is 1020. The van der Waals surface area contributed by atoms with Crippen LogP contribution in [0.4, 0.5) is 0 Å². The summed E-state index contributed by atoms with van der Waals surface area (Å²) in [7, 11) is 0. The van der Waals surface area contributed by atoms with Gasteiger partial charge in [-0.25, -0.2) is 0 Å². The fourth-order valence-corrected chi connectivity index (χ4v) is 3.29. The van der Waals surface area contributed by atoms with E-state index in [2.05, 4.69) is 36.3 Å². The van der Waals surface area contributed by atoms with Crippen molar-refractivity contribution in [2.75, 3.05) is 6.61 Å². The fourth-order valence-electron chi connectivity index (χ4n) is 3.29. The van der Waals surface area contributed by atoms with Gasteiger partial charge in [0.15, 0.2) is 11.5 Å². The average molecular weight is 379 g/mol. The fraction of sp³-hybridized carbons (Fsp3) is 0.364. The van der Waals surface area contributed by atoms with Gasteiger partial charge in [-0.05, 0) is 47.7 Å². The number of amides is 1. The third-order valence-electron chi connectivity index (χ3n) is 5.08. The number of carbonyl (C=O) groups is 1. The molecule has 1 amide bonds. The number of ether oxygens (including phenoxy) is 2. The summed E-state index contributed by atoms with van der Waals surface area (Å²) in [6, 6.07) is 11.7. The van der Waals surface area contributed by atoms with Gasteiger partial charge in [0.1, 0.15) is 6.61 Å². The van der Waals surface area contributed by atoms with Crippen LogP contribution in [0, 0.1) is 0 Å². The standard InChI is InChI=1S/C22H25N3O3/c1-13(14-5-7-17-15(9-14)11-23-25-17)24-21(26)20-12-27-19-10-16(22(2,3)4)6-8-18(19)28-20/h5-11,13,20H,12H2,1-4H3,(H,23,25)(H,24,26)/t13?,20-/m0/s1. The second-order valence-corrected chi connectivity index (χ2v) is 8.28. The molecule has 2 N–H and O–H groups in total. The molecule has 0 fully saturated rings. The maximum Gasteiger partial charge on any atom is 0.265 e. The van der Waals surface area contributed by atoms with Crippen molar-refractivity contribution in [3.63, 3.8) is 0 Å². The van der Waals surface area contributed by atoms with Crippen molar-refractivity contribution in [2.24, 2.45) is 0 Å². The number of hydrogen-bond acceptors (Lipinski definition) is 4. The van der Waals surface area contributed by atoms with Gasteiger partial charge in [-0.15, -0.1) is 0 Å². The Balaban J connectivity index is 1.44.